The van der Waals surface area contributed by atoms with E-state index in [1.165, 1.54) is 0 Å². The Hall–Kier alpha value is -0.790. The van der Waals surface area contributed by atoms with Gasteiger partial charge in [-0.3, -0.25) is 4.79 Å². The highest BCUT2D eigenvalue weighted by Gasteiger charge is 2.39. The van der Waals surface area contributed by atoms with Crippen LogP contribution in [-0.4, -0.2) is 12.1 Å². The van der Waals surface area contributed by atoms with E-state index in [4.69, 9.17) is 0 Å². The van der Waals surface area contributed by atoms with Crippen LogP contribution in [0.3, 0.4) is 0 Å². The zero-order valence-electron chi connectivity index (χ0n) is 8.57. The van der Waals surface area contributed by atoms with Crippen molar-refractivity contribution < 1.29 is 18.0 Å². The van der Waals surface area contributed by atoms with Gasteiger partial charge in [0.1, 0.15) is 0 Å². The zero-order valence-corrected chi connectivity index (χ0v) is 10.7. The number of nitrogens with one attached hydrogen (secondary N) is 1. The van der Waals surface area contributed by atoms with E-state index in [2.05, 4.69) is 22.6 Å². The molecule has 2 nitrogen and oxygen atoms in total. The van der Waals surface area contributed by atoms with Crippen LogP contribution in [0, 0.1) is 17.4 Å². The summed E-state index contributed by atoms with van der Waals surface area (Å²) < 4.78 is 37.1. The van der Waals surface area contributed by atoms with E-state index in [0.29, 0.717) is 11.1 Å². The summed E-state index contributed by atoms with van der Waals surface area (Å²) in [6, 6.07) is 3.42. The van der Waals surface area contributed by atoms with Crippen molar-refractivity contribution in [1.82, 2.24) is 0 Å². The van der Waals surface area contributed by atoms with Crippen molar-refractivity contribution in [2.24, 2.45) is 0 Å². The van der Waals surface area contributed by atoms with E-state index in [-0.39, 0.29) is 5.69 Å². The van der Waals surface area contributed by atoms with Gasteiger partial charge in [-0.2, -0.15) is 13.2 Å². The molecule has 1 aromatic rings. The Balaban J connectivity index is 3.03. The minimum atomic E-state index is -4.86. The number of amides is 1. The number of benzene rings is 1. The number of alkyl halides is 3. The molecule has 0 unspecified atom stereocenters. The Labute approximate surface area is 104 Å². The summed E-state index contributed by atoms with van der Waals surface area (Å²) in [5.41, 5.74) is 1.45. The quantitative estimate of drug-likeness (QED) is 0.778. The maximum Gasteiger partial charge on any atom is 0.471 e. The van der Waals surface area contributed by atoms with E-state index in [1.54, 1.807) is 26.0 Å². The summed E-state index contributed by atoms with van der Waals surface area (Å²) in [6.45, 7) is 3.31. The lowest BCUT2D eigenvalue weighted by molar-refractivity contribution is -0.167. The van der Waals surface area contributed by atoms with Gasteiger partial charge in [0.15, 0.2) is 0 Å². The highest BCUT2D eigenvalue weighted by Crippen LogP contribution is 2.25. The molecule has 1 amide bonds. The van der Waals surface area contributed by atoms with E-state index >= 15 is 0 Å². The molecule has 1 rings (SSSR count). The molecule has 0 aliphatic heterocycles. The van der Waals surface area contributed by atoms with Crippen molar-refractivity contribution in [2.45, 2.75) is 20.0 Å². The predicted molar refractivity (Wildman–Crippen MR) is 63.3 cm³/mol. The van der Waals surface area contributed by atoms with Gasteiger partial charge in [0.2, 0.25) is 0 Å². The SMILES string of the molecule is Cc1cc(I)cc(C)c1NC(=O)C(F)(F)F. The third-order valence-electron chi connectivity index (χ3n) is 1.99. The first-order valence-corrected chi connectivity index (χ1v) is 5.44. The Bertz CT molecular complexity index is 406. The van der Waals surface area contributed by atoms with Crippen LogP contribution in [0.5, 0.6) is 0 Å². The first-order valence-electron chi connectivity index (χ1n) is 4.36. The number of hydrogen-bond acceptors (Lipinski definition) is 1. The first-order chi connectivity index (χ1) is 7.21. The monoisotopic (exact) mass is 343 g/mol. The number of rotatable bonds is 1. The van der Waals surface area contributed by atoms with Crippen LogP contribution in [0.4, 0.5) is 18.9 Å². The standard InChI is InChI=1S/C10H9F3INO/c1-5-3-7(14)4-6(2)8(5)15-9(16)10(11,12)13/h3-4H,1-2H3,(H,15,16). The summed E-state index contributed by atoms with van der Waals surface area (Å²) in [4.78, 5) is 10.8. The fourth-order valence-corrected chi connectivity index (χ4v) is 2.23. The minimum absolute atomic E-state index is 0.225. The molecule has 0 fully saturated rings. The highest BCUT2D eigenvalue weighted by molar-refractivity contribution is 14.1. The molecular formula is C10H9F3INO. The zero-order chi connectivity index (χ0) is 12.5. The molecule has 0 aliphatic rings. The highest BCUT2D eigenvalue weighted by atomic mass is 127. The lowest BCUT2D eigenvalue weighted by Gasteiger charge is -2.13. The Kier molecular flexibility index (Phi) is 3.82. The smallest absolute Gasteiger partial charge is 0.318 e. The normalized spacial score (nSPS) is 11.4. The summed E-state index contributed by atoms with van der Waals surface area (Å²) in [5, 5.41) is 1.88. The molecule has 0 bridgehead atoms. The van der Waals surface area contributed by atoms with Crippen LogP contribution in [-0.2, 0) is 4.79 Å². The van der Waals surface area contributed by atoms with E-state index < -0.39 is 12.1 Å². The molecule has 0 aromatic heterocycles. The van der Waals surface area contributed by atoms with Gasteiger partial charge in [0, 0.05) is 9.26 Å². The second-order valence-electron chi connectivity index (χ2n) is 3.37. The van der Waals surface area contributed by atoms with E-state index in [0.717, 1.165) is 3.57 Å². The fraction of sp³-hybridized carbons (Fsp3) is 0.300. The van der Waals surface area contributed by atoms with Gasteiger partial charge in [-0.1, -0.05) is 0 Å². The summed E-state index contributed by atoms with van der Waals surface area (Å²) >= 11 is 2.06. The summed E-state index contributed by atoms with van der Waals surface area (Å²) in [6.07, 6.45) is -4.86. The van der Waals surface area contributed by atoms with Crippen molar-refractivity contribution >= 4 is 34.2 Å². The second-order valence-corrected chi connectivity index (χ2v) is 4.61. The number of carbonyl (C=O) groups is 1. The topological polar surface area (TPSA) is 29.1 Å². The summed E-state index contributed by atoms with van der Waals surface area (Å²) in [5.74, 6) is -1.94. The molecule has 0 saturated heterocycles. The van der Waals surface area contributed by atoms with Crippen LogP contribution in [0.15, 0.2) is 12.1 Å². The Morgan fingerprint density at radius 2 is 1.69 bits per heavy atom. The van der Waals surface area contributed by atoms with Crippen molar-refractivity contribution in [1.29, 1.82) is 0 Å². The van der Waals surface area contributed by atoms with Crippen molar-refractivity contribution in [2.75, 3.05) is 5.32 Å². The van der Waals surface area contributed by atoms with Crippen molar-refractivity contribution in [3.63, 3.8) is 0 Å². The fourth-order valence-electron chi connectivity index (χ4n) is 1.29. The number of hydrogen-bond donors (Lipinski definition) is 1. The van der Waals surface area contributed by atoms with Crippen LogP contribution in [0.1, 0.15) is 11.1 Å². The van der Waals surface area contributed by atoms with Crippen LogP contribution < -0.4 is 5.32 Å². The molecule has 1 aromatic carbocycles. The molecule has 1 N–H and O–H groups in total. The summed E-state index contributed by atoms with van der Waals surface area (Å²) in [7, 11) is 0. The first kappa shape index (κ1) is 13.3. The van der Waals surface area contributed by atoms with E-state index in [1.807, 2.05) is 5.32 Å². The maximum atomic E-state index is 12.1. The Morgan fingerprint density at radius 1 is 1.25 bits per heavy atom. The Morgan fingerprint density at radius 3 is 2.06 bits per heavy atom. The van der Waals surface area contributed by atoms with Gasteiger partial charge in [0.25, 0.3) is 0 Å². The van der Waals surface area contributed by atoms with Gasteiger partial charge in [-0.05, 0) is 59.7 Å². The lowest BCUT2D eigenvalue weighted by atomic mass is 10.1. The number of halogens is 4. The molecule has 88 valence electrons. The lowest BCUT2D eigenvalue weighted by Crippen LogP contribution is -2.30. The van der Waals surface area contributed by atoms with Crippen molar-refractivity contribution in [3.05, 3.63) is 26.8 Å². The number of carbonyl (C=O) groups excluding carboxylic acids is 1. The van der Waals surface area contributed by atoms with Crippen molar-refractivity contribution in [3.8, 4) is 0 Å². The molecular weight excluding hydrogens is 334 g/mol. The van der Waals surface area contributed by atoms with Crippen LogP contribution >= 0.6 is 22.6 Å². The molecule has 0 atom stereocenters. The van der Waals surface area contributed by atoms with Crippen LogP contribution in [0.25, 0.3) is 0 Å². The second kappa shape index (κ2) is 4.60. The van der Waals surface area contributed by atoms with Crippen LogP contribution in [0.2, 0.25) is 0 Å². The average Bonchev–Trinajstić information content (AvgIpc) is 2.08. The molecule has 0 aliphatic carbocycles. The van der Waals surface area contributed by atoms with E-state index in [9.17, 15) is 18.0 Å². The van der Waals surface area contributed by atoms with Gasteiger partial charge >= 0.3 is 12.1 Å². The minimum Gasteiger partial charge on any atom is -0.318 e. The maximum absolute atomic E-state index is 12.1. The molecule has 0 saturated carbocycles. The number of anilines is 1. The average molecular weight is 343 g/mol. The third-order valence-corrected chi connectivity index (χ3v) is 2.62. The molecule has 6 heteroatoms. The molecule has 0 radical (unpaired) electrons. The molecule has 0 heterocycles. The molecule has 16 heavy (non-hydrogen) atoms. The number of aryl methyl sites for hydroxylation is 2. The predicted octanol–water partition coefficient (Wildman–Crippen LogP) is 3.41. The largest absolute Gasteiger partial charge is 0.471 e. The third kappa shape index (κ3) is 3.10. The molecule has 0 spiro atoms. The van der Waals surface area contributed by atoms with Gasteiger partial charge in [-0.25, -0.2) is 0 Å². The van der Waals surface area contributed by atoms with Gasteiger partial charge < -0.3 is 5.32 Å². The van der Waals surface area contributed by atoms with Gasteiger partial charge in [0.05, 0.1) is 0 Å². The van der Waals surface area contributed by atoms with Gasteiger partial charge in [-0.15, -0.1) is 0 Å².